The van der Waals surface area contributed by atoms with Crippen LogP contribution in [0.15, 0.2) is 53.5 Å². The third-order valence-electron chi connectivity index (χ3n) is 4.47. The molecule has 0 aliphatic carbocycles. The molecule has 0 radical (unpaired) electrons. The van der Waals surface area contributed by atoms with Crippen LogP contribution in [-0.4, -0.2) is 22.4 Å². The number of hydrogen-bond donors (Lipinski definition) is 2. The third-order valence-corrected chi connectivity index (χ3v) is 4.79. The molecule has 0 atom stereocenters. The van der Waals surface area contributed by atoms with Crippen molar-refractivity contribution in [2.75, 3.05) is 11.9 Å². The molecule has 0 unspecified atom stereocenters. The van der Waals surface area contributed by atoms with Gasteiger partial charge in [-0.1, -0.05) is 41.9 Å². The van der Waals surface area contributed by atoms with E-state index in [9.17, 15) is 9.59 Å². The Hall–Kier alpha value is -2.99. The van der Waals surface area contributed by atoms with Crippen LogP contribution in [0.3, 0.4) is 0 Å². The van der Waals surface area contributed by atoms with Crippen LogP contribution in [0.1, 0.15) is 18.9 Å². The van der Waals surface area contributed by atoms with Crippen LogP contribution < -0.4 is 15.5 Å². The maximum Gasteiger partial charge on any atom is 0.511 e. The molecule has 1 heterocycles. The van der Waals surface area contributed by atoms with Gasteiger partial charge in [0.2, 0.25) is 5.43 Å². The van der Waals surface area contributed by atoms with Crippen LogP contribution in [0.4, 0.5) is 10.5 Å². The monoisotopic (exact) mass is 400 g/mol. The van der Waals surface area contributed by atoms with Crippen molar-refractivity contribution in [3.63, 3.8) is 0 Å². The molecule has 0 saturated carbocycles. The van der Waals surface area contributed by atoms with Gasteiger partial charge < -0.3 is 19.7 Å². The quantitative estimate of drug-likeness (QED) is 0.440. The third kappa shape index (κ3) is 4.46. The number of rotatable bonds is 7. The molecular weight excluding hydrogens is 380 g/mol. The van der Waals surface area contributed by atoms with E-state index in [1.807, 2.05) is 25.1 Å². The van der Waals surface area contributed by atoms with Crippen LogP contribution in [0, 0.1) is 0 Å². The molecule has 0 aliphatic rings. The second-order valence-corrected chi connectivity index (χ2v) is 6.75. The molecule has 7 heteroatoms. The summed E-state index contributed by atoms with van der Waals surface area (Å²) in [4.78, 5) is 23.5. The number of carbonyl (C=O) groups is 1. The van der Waals surface area contributed by atoms with Crippen molar-refractivity contribution in [3.05, 3.63) is 69.5 Å². The molecule has 2 aromatic carbocycles. The summed E-state index contributed by atoms with van der Waals surface area (Å²) in [6, 6.07) is 13.6. The Morgan fingerprint density at radius 3 is 2.68 bits per heavy atom. The number of fused-ring (bicyclic) bond motifs is 1. The Morgan fingerprint density at radius 1 is 1.25 bits per heavy atom. The molecular formula is C21H21ClN2O4. The van der Waals surface area contributed by atoms with Crippen molar-refractivity contribution in [2.45, 2.75) is 26.3 Å². The van der Waals surface area contributed by atoms with Crippen molar-refractivity contribution in [1.29, 1.82) is 0 Å². The molecule has 3 rings (SSSR count). The summed E-state index contributed by atoms with van der Waals surface area (Å²) in [6.45, 7) is 3.11. The lowest BCUT2D eigenvalue weighted by Crippen LogP contribution is -2.16. The van der Waals surface area contributed by atoms with Gasteiger partial charge in [0, 0.05) is 13.1 Å². The number of carboxylic acid groups (broad SMARTS) is 1. The topological polar surface area (TPSA) is 80.6 Å². The summed E-state index contributed by atoms with van der Waals surface area (Å²) in [5, 5.41) is 13.0. The van der Waals surface area contributed by atoms with Gasteiger partial charge in [-0.25, -0.2) is 4.79 Å². The molecule has 1 aromatic heterocycles. The Labute approximate surface area is 167 Å². The fourth-order valence-corrected chi connectivity index (χ4v) is 3.33. The molecule has 6 nitrogen and oxygen atoms in total. The standard InChI is InChI=1S/C21H21ClN2O4/c1-2-24-13-19(28-21(26)27)20(25)15-11-17(16(22)12-18(15)24)23-10-6-9-14-7-4-3-5-8-14/h3-5,7-8,11-13,23H,2,6,9-10H2,1H3,(H,26,27). The first kappa shape index (κ1) is 19.8. The normalized spacial score (nSPS) is 10.8. The van der Waals surface area contributed by atoms with Crippen molar-refractivity contribution >= 4 is 34.3 Å². The molecule has 0 bridgehead atoms. The summed E-state index contributed by atoms with van der Waals surface area (Å²) in [5.74, 6) is -0.223. The molecule has 146 valence electrons. The van der Waals surface area contributed by atoms with E-state index in [0.29, 0.717) is 34.7 Å². The van der Waals surface area contributed by atoms with Gasteiger partial charge in [-0.3, -0.25) is 4.79 Å². The molecule has 2 N–H and O–H groups in total. The van der Waals surface area contributed by atoms with E-state index in [4.69, 9.17) is 16.7 Å². The largest absolute Gasteiger partial charge is 0.511 e. The number of halogens is 1. The smallest absolute Gasteiger partial charge is 0.449 e. The van der Waals surface area contributed by atoms with Gasteiger partial charge in [0.1, 0.15) is 0 Å². The fourth-order valence-electron chi connectivity index (χ4n) is 3.11. The molecule has 3 aromatic rings. The van der Waals surface area contributed by atoms with Crippen LogP contribution in [0.25, 0.3) is 10.9 Å². The van der Waals surface area contributed by atoms with Crippen molar-refractivity contribution in [2.24, 2.45) is 0 Å². The first-order valence-electron chi connectivity index (χ1n) is 9.05. The second-order valence-electron chi connectivity index (χ2n) is 6.34. The minimum atomic E-state index is -1.52. The average molecular weight is 401 g/mol. The maximum atomic E-state index is 12.6. The van der Waals surface area contributed by atoms with Crippen LogP contribution in [0.5, 0.6) is 5.75 Å². The van der Waals surface area contributed by atoms with Crippen LogP contribution >= 0.6 is 11.6 Å². The Kier molecular flexibility index (Phi) is 6.21. The summed E-state index contributed by atoms with van der Waals surface area (Å²) >= 11 is 6.40. The molecule has 0 saturated heterocycles. The predicted octanol–water partition coefficient (Wildman–Crippen LogP) is 4.78. The lowest BCUT2D eigenvalue weighted by Gasteiger charge is -2.14. The number of hydrogen-bond acceptors (Lipinski definition) is 4. The molecule has 0 spiro atoms. The van der Waals surface area contributed by atoms with Gasteiger partial charge in [0.15, 0.2) is 5.75 Å². The highest BCUT2D eigenvalue weighted by Crippen LogP contribution is 2.28. The van der Waals surface area contributed by atoms with E-state index >= 15 is 0 Å². The zero-order valence-electron chi connectivity index (χ0n) is 15.4. The van der Waals surface area contributed by atoms with Gasteiger partial charge in [-0.2, -0.15) is 0 Å². The van der Waals surface area contributed by atoms with E-state index in [0.717, 1.165) is 12.8 Å². The van der Waals surface area contributed by atoms with E-state index in [1.54, 1.807) is 16.7 Å². The number of aryl methyl sites for hydroxylation is 2. The summed E-state index contributed by atoms with van der Waals surface area (Å²) in [6.07, 6.45) is 1.70. The fraction of sp³-hybridized carbons (Fsp3) is 0.238. The van der Waals surface area contributed by atoms with Gasteiger partial charge in [0.25, 0.3) is 0 Å². The molecule has 0 aliphatic heterocycles. The molecule has 0 amide bonds. The first-order valence-corrected chi connectivity index (χ1v) is 9.42. The first-order chi connectivity index (χ1) is 13.5. The summed E-state index contributed by atoms with van der Waals surface area (Å²) < 4.78 is 6.38. The molecule has 28 heavy (non-hydrogen) atoms. The Bertz CT molecular complexity index is 1050. The maximum absolute atomic E-state index is 12.6. The van der Waals surface area contributed by atoms with Gasteiger partial charge >= 0.3 is 6.16 Å². The van der Waals surface area contributed by atoms with Crippen LogP contribution in [-0.2, 0) is 13.0 Å². The Balaban J connectivity index is 1.84. The zero-order chi connectivity index (χ0) is 20.1. The number of pyridine rings is 1. The second kappa shape index (κ2) is 8.80. The highest BCUT2D eigenvalue weighted by Gasteiger charge is 2.15. The minimum Gasteiger partial charge on any atom is -0.449 e. The van der Waals surface area contributed by atoms with E-state index in [2.05, 4.69) is 22.2 Å². The summed E-state index contributed by atoms with van der Waals surface area (Å²) in [5.41, 5.74) is 2.04. The van der Waals surface area contributed by atoms with Crippen LogP contribution in [0.2, 0.25) is 5.02 Å². The lowest BCUT2D eigenvalue weighted by molar-refractivity contribution is 0.144. The zero-order valence-corrected chi connectivity index (χ0v) is 16.2. The highest BCUT2D eigenvalue weighted by molar-refractivity contribution is 6.34. The highest BCUT2D eigenvalue weighted by atomic mass is 35.5. The van der Waals surface area contributed by atoms with Gasteiger partial charge in [-0.05, 0) is 37.5 Å². The SMILES string of the molecule is CCn1cc(OC(=O)O)c(=O)c2cc(NCCCc3ccccc3)c(Cl)cc21. The number of anilines is 1. The van der Waals surface area contributed by atoms with Crippen molar-refractivity contribution in [3.8, 4) is 5.75 Å². The van der Waals surface area contributed by atoms with Gasteiger partial charge in [-0.15, -0.1) is 0 Å². The minimum absolute atomic E-state index is 0.223. The van der Waals surface area contributed by atoms with E-state index in [-0.39, 0.29) is 5.75 Å². The number of nitrogens with zero attached hydrogens (tertiary/aromatic N) is 1. The average Bonchev–Trinajstić information content (AvgIpc) is 2.68. The van der Waals surface area contributed by atoms with Gasteiger partial charge in [0.05, 0.1) is 27.8 Å². The number of ether oxygens (including phenoxy) is 1. The van der Waals surface area contributed by atoms with Crippen molar-refractivity contribution in [1.82, 2.24) is 4.57 Å². The summed E-state index contributed by atoms with van der Waals surface area (Å²) in [7, 11) is 0. The Morgan fingerprint density at radius 2 is 2.00 bits per heavy atom. The van der Waals surface area contributed by atoms with E-state index in [1.165, 1.54) is 11.8 Å². The number of benzene rings is 2. The number of aromatic nitrogens is 1. The molecule has 0 fully saturated rings. The number of nitrogens with one attached hydrogen (secondary N) is 1. The lowest BCUT2D eigenvalue weighted by atomic mass is 10.1. The van der Waals surface area contributed by atoms with E-state index < -0.39 is 11.6 Å². The predicted molar refractivity (Wildman–Crippen MR) is 111 cm³/mol. The van der Waals surface area contributed by atoms with Crippen molar-refractivity contribution < 1.29 is 14.6 Å².